The second-order valence-corrected chi connectivity index (χ2v) is 4.54. The number of aromatic nitrogens is 2. The first-order valence-corrected chi connectivity index (χ1v) is 5.93. The van der Waals surface area contributed by atoms with Crippen LogP contribution >= 0.6 is 0 Å². The Bertz CT molecular complexity index is 322. The molecule has 1 saturated heterocycles. The maximum atomic E-state index is 5.63. The molecular weight excluding hydrogens is 202 g/mol. The van der Waals surface area contributed by atoms with Gasteiger partial charge in [0.05, 0.1) is 18.4 Å². The highest BCUT2D eigenvalue weighted by Gasteiger charge is 2.11. The topological polar surface area (TPSA) is 50.3 Å². The second-order valence-electron chi connectivity index (χ2n) is 4.54. The predicted molar refractivity (Wildman–Crippen MR) is 65.2 cm³/mol. The molecule has 0 aromatic carbocycles. The number of anilines is 1. The number of hydrogen-bond donors (Lipinski definition) is 1. The fourth-order valence-electron chi connectivity index (χ4n) is 2.07. The van der Waals surface area contributed by atoms with Crippen LogP contribution in [0, 0.1) is 0 Å². The van der Waals surface area contributed by atoms with Crippen molar-refractivity contribution in [3.63, 3.8) is 0 Å². The Kier molecular flexibility index (Phi) is 3.79. The standard InChI is InChI=1S/C11H21N5/c1-14-3-2-4-15(6-5-14)7-8-16-10-11(12)9-13-16/h9-10H,2-8,12H2,1H3. The van der Waals surface area contributed by atoms with Gasteiger partial charge in [-0.15, -0.1) is 0 Å². The van der Waals surface area contributed by atoms with E-state index in [-0.39, 0.29) is 0 Å². The Morgan fingerprint density at radius 3 is 2.88 bits per heavy atom. The van der Waals surface area contributed by atoms with E-state index in [4.69, 9.17) is 5.73 Å². The first kappa shape index (κ1) is 11.4. The molecule has 2 heterocycles. The lowest BCUT2D eigenvalue weighted by Gasteiger charge is -2.19. The minimum atomic E-state index is 0.746. The molecule has 1 aliphatic rings. The molecule has 0 atom stereocenters. The van der Waals surface area contributed by atoms with Gasteiger partial charge in [-0.2, -0.15) is 5.10 Å². The molecule has 0 saturated carbocycles. The van der Waals surface area contributed by atoms with Gasteiger partial charge in [-0.25, -0.2) is 0 Å². The van der Waals surface area contributed by atoms with Crippen molar-refractivity contribution in [1.29, 1.82) is 0 Å². The molecule has 0 radical (unpaired) electrons. The van der Waals surface area contributed by atoms with E-state index in [1.165, 1.54) is 26.1 Å². The second kappa shape index (κ2) is 5.32. The molecule has 90 valence electrons. The third-order valence-electron chi connectivity index (χ3n) is 3.11. The van der Waals surface area contributed by atoms with Gasteiger partial charge in [-0.3, -0.25) is 4.68 Å². The van der Waals surface area contributed by atoms with E-state index >= 15 is 0 Å². The Morgan fingerprint density at radius 1 is 1.25 bits per heavy atom. The summed E-state index contributed by atoms with van der Waals surface area (Å²) in [6.45, 7) is 6.73. The van der Waals surface area contributed by atoms with E-state index in [1.54, 1.807) is 6.20 Å². The van der Waals surface area contributed by atoms with E-state index < -0.39 is 0 Å². The summed E-state index contributed by atoms with van der Waals surface area (Å²) in [5, 5.41) is 4.19. The van der Waals surface area contributed by atoms with Crippen LogP contribution in [0.25, 0.3) is 0 Å². The van der Waals surface area contributed by atoms with Crippen LogP contribution in [0.1, 0.15) is 6.42 Å². The maximum absolute atomic E-state index is 5.63. The zero-order chi connectivity index (χ0) is 11.4. The lowest BCUT2D eigenvalue weighted by atomic mass is 10.4. The van der Waals surface area contributed by atoms with Crippen molar-refractivity contribution in [2.75, 3.05) is 45.5 Å². The third-order valence-corrected chi connectivity index (χ3v) is 3.11. The molecular formula is C11H21N5. The summed E-state index contributed by atoms with van der Waals surface area (Å²) in [5.41, 5.74) is 6.37. The van der Waals surface area contributed by atoms with Gasteiger partial charge in [0, 0.05) is 25.8 Å². The van der Waals surface area contributed by atoms with Crippen molar-refractivity contribution in [3.8, 4) is 0 Å². The molecule has 5 nitrogen and oxygen atoms in total. The van der Waals surface area contributed by atoms with Crippen LogP contribution in [0.2, 0.25) is 0 Å². The number of nitrogens with zero attached hydrogens (tertiary/aromatic N) is 4. The fourth-order valence-corrected chi connectivity index (χ4v) is 2.07. The van der Waals surface area contributed by atoms with Gasteiger partial charge in [-0.05, 0) is 26.6 Å². The number of likely N-dealkylation sites (N-methyl/N-ethyl adjacent to an activating group) is 1. The largest absolute Gasteiger partial charge is 0.396 e. The highest BCUT2D eigenvalue weighted by Crippen LogP contribution is 2.02. The molecule has 16 heavy (non-hydrogen) atoms. The predicted octanol–water partition coefficient (Wildman–Crippen LogP) is 0.103. The summed E-state index contributed by atoms with van der Waals surface area (Å²) in [5.74, 6) is 0. The van der Waals surface area contributed by atoms with E-state index in [0.29, 0.717) is 0 Å². The summed E-state index contributed by atoms with van der Waals surface area (Å²) in [6.07, 6.45) is 4.86. The van der Waals surface area contributed by atoms with Gasteiger partial charge >= 0.3 is 0 Å². The quantitative estimate of drug-likeness (QED) is 0.790. The summed E-state index contributed by atoms with van der Waals surface area (Å²) >= 11 is 0. The number of rotatable bonds is 3. The Morgan fingerprint density at radius 2 is 2.12 bits per heavy atom. The van der Waals surface area contributed by atoms with Crippen LogP contribution in [0.4, 0.5) is 5.69 Å². The van der Waals surface area contributed by atoms with Crippen molar-refractivity contribution >= 4 is 5.69 Å². The van der Waals surface area contributed by atoms with Crippen molar-refractivity contribution in [1.82, 2.24) is 19.6 Å². The third kappa shape index (κ3) is 3.21. The molecule has 0 unspecified atom stereocenters. The van der Waals surface area contributed by atoms with Crippen molar-refractivity contribution < 1.29 is 0 Å². The molecule has 0 spiro atoms. The van der Waals surface area contributed by atoms with Crippen molar-refractivity contribution in [2.45, 2.75) is 13.0 Å². The summed E-state index contributed by atoms with van der Waals surface area (Å²) < 4.78 is 1.92. The van der Waals surface area contributed by atoms with Gasteiger partial charge in [0.25, 0.3) is 0 Å². The molecule has 0 amide bonds. The average molecular weight is 223 g/mol. The molecule has 1 aromatic heterocycles. The van der Waals surface area contributed by atoms with Crippen LogP contribution < -0.4 is 5.73 Å². The van der Waals surface area contributed by atoms with Crippen molar-refractivity contribution in [3.05, 3.63) is 12.4 Å². The van der Waals surface area contributed by atoms with Crippen LogP contribution in [-0.2, 0) is 6.54 Å². The van der Waals surface area contributed by atoms with Crippen LogP contribution in [0.3, 0.4) is 0 Å². The van der Waals surface area contributed by atoms with E-state index in [0.717, 1.165) is 25.3 Å². The molecule has 5 heteroatoms. The van der Waals surface area contributed by atoms with Gasteiger partial charge in [0.15, 0.2) is 0 Å². The minimum absolute atomic E-state index is 0.746. The minimum Gasteiger partial charge on any atom is -0.396 e. The zero-order valence-electron chi connectivity index (χ0n) is 9.97. The molecule has 1 aromatic rings. The number of nitrogens with two attached hydrogens (primary N) is 1. The van der Waals surface area contributed by atoms with E-state index in [1.807, 2.05) is 10.9 Å². The molecule has 1 fully saturated rings. The van der Waals surface area contributed by atoms with E-state index in [9.17, 15) is 0 Å². The number of nitrogen functional groups attached to an aromatic ring is 1. The average Bonchev–Trinajstić information content (AvgIpc) is 2.56. The Balaban J connectivity index is 1.77. The van der Waals surface area contributed by atoms with Gasteiger partial charge < -0.3 is 15.5 Å². The van der Waals surface area contributed by atoms with Crippen LogP contribution in [-0.4, -0.2) is 59.4 Å². The van der Waals surface area contributed by atoms with Crippen LogP contribution in [0.5, 0.6) is 0 Å². The fraction of sp³-hybridized carbons (Fsp3) is 0.727. The normalized spacial score (nSPS) is 19.8. The highest BCUT2D eigenvalue weighted by atomic mass is 15.3. The van der Waals surface area contributed by atoms with Crippen LogP contribution in [0.15, 0.2) is 12.4 Å². The van der Waals surface area contributed by atoms with Gasteiger partial charge in [0.1, 0.15) is 0 Å². The smallest absolute Gasteiger partial charge is 0.0719 e. The van der Waals surface area contributed by atoms with Gasteiger partial charge in [-0.1, -0.05) is 0 Å². The molecule has 0 bridgehead atoms. The summed E-state index contributed by atoms with van der Waals surface area (Å²) in [4.78, 5) is 4.90. The molecule has 1 aliphatic heterocycles. The summed E-state index contributed by atoms with van der Waals surface area (Å²) in [7, 11) is 2.19. The molecule has 2 N–H and O–H groups in total. The van der Waals surface area contributed by atoms with E-state index in [2.05, 4.69) is 21.9 Å². The Hall–Kier alpha value is -1.07. The zero-order valence-corrected chi connectivity index (χ0v) is 9.97. The molecule has 0 aliphatic carbocycles. The SMILES string of the molecule is CN1CCCN(CCn2cc(N)cn2)CC1. The summed E-state index contributed by atoms with van der Waals surface area (Å²) in [6, 6.07) is 0. The Labute approximate surface area is 96.8 Å². The first-order chi connectivity index (χ1) is 7.74. The number of hydrogen-bond acceptors (Lipinski definition) is 4. The monoisotopic (exact) mass is 223 g/mol. The lowest BCUT2D eigenvalue weighted by Crippen LogP contribution is -2.31. The highest BCUT2D eigenvalue weighted by molar-refractivity contribution is 5.30. The molecule has 2 rings (SSSR count). The van der Waals surface area contributed by atoms with Crippen molar-refractivity contribution in [2.24, 2.45) is 0 Å². The lowest BCUT2D eigenvalue weighted by molar-refractivity contribution is 0.262. The van der Waals surface area contributed by atoms with Gasteiger partial charge in [0.2, 0.25) is 0 Å². The maximum Gasteiger partial charge on any atom is 0.0719 e. The first-order valence-electron chi connectivity index (χ1n) is 5.93.